The van der Waals surface area contributed by atoms with Gasteiger partial charge in [-0.05, 0) is 60.5 Å². The van der Waals surface area contributed by atoms with E-state index in [2.05, 4.69) is 15.0 Å². The van der Waals surface area contributed by atoms with Gasteiger partial charge in [-0.3, -0.25) is 9.52 Å². The van der Waals surface area contributed by atoms with Gasteiger partial charge in [-0.1, -0.05) is 35.9 Å². The SMILES string of the molecule is Cc1cccc(NS(=O)(=O)c2cc(C(=O)NCc3ccc(-n4ccnc4)cc3)ccc2Cl)c1. The Morgan fingerprint density at radius 1 is 1.06 bits per heavy atom. The fraction of sp³-hybridized carbons (Fsp3) is 0.0833. The highest BCUT2D eigenvalue weighted by Gasteiger charge is 2.20. The van der Waals surface area contributed by atoms with Crippen molar-refractivity contribution in [3.63, 3.8) is 0 Å². The largest absolute Gasteiger partial charge is 0.348 e. The molecule has 0 aliphatic carbocycles. The molecule has 4 aromatic rings. The topological polar surface area (TPSA) is 93.1 Å². The van der Waals surface area contributed by atoms with Crippen molar-refractivity contribution in [3.8, 4) is 5.69 Å². The first-order chi connectivity index (χ1) is 15.8. The van der Waals surface area contributed by atoms with Crippen LogP contribution in [-0.2, 0) is 16.6 Å². The van der Waals surface area contributed by atoms with Gasteiger partial charge in [0.25, 0.3) is 15.9 Å². The van der Waals surface area contributed by atoms with Crippen LogP contribution in [-0.4, -0.2) is 23.9 Å². The second-order valence-corrected chi connectivity index (χ2v) is 9.50. The first-order valence-electron chi connectivity index (χ1n) is 10.1. The third kappa shape index (κ3) is 5.42. The molecule has 0 atom stereocenters. The van der Waals surface area contributed by atoms with E-state index in [4.69, 9.17) is 11.6 Å². The molecular formula is C24H21ClN4O3S. The van der Waals surface area contributed by atoms with Crippen LogP contribution in [0.4, 0.5) is 5.69 Å². The van der Waals surface area contributed by atoms with Crippen molar-refractivity contribution in [2.24, 2.45) is 0 Å². The maximum atomic E-state index is 12.9. The minimum Gasteiger partial charge on any atom is -0.348 e. The molecule has 1 heterocycles. The van der Waals surface area contributed by atoms with Crippen LogP contribution in [0.3, 0.4) is 0 Å². The smallest absolute Gasteiger partial charge is 0.263 e. The zero-order chi connectivity index (χ0) is 23.4. The minimum absolute atomic E-state index is 0.0294. The van der Waals surface area contributed by atoms with E-state index in [0.29, 0.717) is 5.69 Å². The van der Waals surface area contributed by atoms with Gasteiger partial charge < -0.3 is 9.88 Å². The molecule has 1 amide bonds. The van der Waals surface area contributed by atoms with Crippen molar-refractivity contribution in [2.75, 3.05) is 4.72 Å². The molecule has 9 heteroatoms. The lowest BCUT2D eigenvalue weighted by Gasteiger charge is -2.12. The maximum absolute atomic E-state index is 12.9. The number of nitrogens with zero attached hydrogens (tertiary/aromatic N) is 2. The Bertz CT molecular complexity index is 1390. The van der Waals surface area contributed by atoms with Crippen LogP contribution in [0.15, 0.2) is 90.3 Å². The van der Waals surface area contributed by atoms with E-state index >= 15 is 0 Å². The van der Waals surface area contributed by atoms with E-state index in [0.717, 1.165) is 16.8 Å². The highest BCUT2D eigenvalue weighted by molar-refractivity contribution is 7.92. The van der Waals surface area contributed by atoms with Crippen molar-refractivity contribution in [3.05, 3.63) is 107 Å². The number of aryl methyl sites for hydroxylation is 1. The Hall–Kier alpha value is -3.62. The van der Waals surface area contributed by atoms with Crippen LogP contribution in [0.5, 0.6) is 0 Å². The molecule has 168 valence electrons. The predicted octanol–water partition coefficient (Wildman–Crippen LogP) is 4.56. The molecule has 1 aromatic heterocycles. The van der Waals surface area contributed by atoms with Crippen LogP contribution >= 0.6 is 11.6 Å². The van der Waals surface area contributed by atoms with E-state index in [1.54, 1.807) is 30.7 Å². The number of amides is 1. The molecule has 0 spiro atoms. The first-order valence-corrected chi connectivity index (χ1v) is 11.9. The second-order valence-electron chi connectivity index (χ2n) is 7.44. The number of benzene rings is 3. The normalized spacial score (nSPS) is 11.2. The molecule has 0 aliphatic heterocycles. The lowest BCUT2D eigenvalue weighted by Crippen LogP contribution is -2.23. The fourth-order valence-corrected chi connectivity index (χ4v) is 4.83. The molecule has 33 heavy (non-hydrogen) atoms. The van der Waals surface area contributed by atoms with Gasteiger partial charge in [0.1, 0.15) is 4.90 Å². The molecule has 0 saturated heterocycles. The van der Waals surface area contributed by atoms with Crippen LogP contribution in [0.25, 0.3) is 5.69 Å². The zero-order valence-electron chi connectivity index (χ0n) is 17.7. The van der Waals surface area contributed by atoms with Crippen molar-refractivity contribution in [2.45, 2.75) is 18.4 Å². The highest BCUT2D eigenvalue weighted by atomic mass is 35.5. The second kappa shape index (κ2) is 9.48. The molecule has 0 unspecified atom stereocenters. The summed E-state index contributed by atoms with van der Waals surface area (Å²) in [5, 5.41) is 2.84. The number of sulfonamides is 1. The van der Waals surface area contributed by atoms with Gasteiger partial charge in [-0.2, -0.15) is 0 Å². The Morgan fingerprint density at radius 3 is 2.55 bits per heavy atom. The molecule has 0 bridgehead atoms. The summed E-state index contributed by atoms with van der Waals surface area (Å²) in [5.41, 5.74) is 3.37. The van der Waals surface area contributed by atoms with Crippen LogP contribution in [0, 0.1) is 6.92 Å². The number of rotatable bonds is 7. The van der Waals surface area contributed by atoms with Crippen molar-refractivity contribution in [1.29, 1.82) is 0 Å². The summed E-state index contributed by atoms with van der Waals surface area (Å²) in [4.78, 5) is 16.5. The Balaban J connectivity index is 1.47. The molecule has 2 N–H and O–H groups in total. The fourth-order valence-electron chi connectivity index (χ4n) is 3.25. The lowest BCUT2D eigenvalue weighted by atomic mass is 10.2. The van der Waals surface area contributed by atoms with Gasteiger partial charge in [-0.15, -0.1) is 0 Å². The number of anilines is 1. The van der Waals surface area contributed by atoms with Crippen LogP contribution < -0.4 is 10.0 Å². The van der Waals surface area contributed by atoms with Gasteiger partial charge in [-0.25, -0.2) is 13.4 Å². The number of hydrogen-bond acceptors (Lipinski definition) is 4. The minimum atomic E-state index is -3.98. The number of nitrogens with one attached hydrogen (secondary N) is 2. The third-order valence-corrected chi connectivity index (χ3v) is 6.81. The van der Waals surface area contributed by atoms with Crippen molar-refractivity contribution < 1.29 is 13.2 Å². The molecule has 0 aliphatic rings. The molecule has 4 rings (SSSR count). The molecule has 0 saturated carbocycles. The van der Waals surface area contributed by atoms with E-state index in [1.165, 1.54) is 18.2 Å². The number of carbonyl (C=O) groups is 1. The summed E-state index contributed by atoms with van der Waals surface area (Å²) < 4.78 is 30.2. The average Bonchev–Trinajstić information content (AvgIpc) is 3.33. The quantitative estimate of drug-likeness (QED) is 0.405. The summed E-state index contributed by atoms with van der Waals surface area (Å²) in [6.45, 7) is 2.15. The summed E-state index contributed by atoms with van der Waals surface area (Å²) in [5.74, 6) is -0.405. The monoisotopic (exact) mass is 480 g/mol. The van der Waals surface area contributed by atoms with E-state index in [-0.39, 0.29) is 22.0 Å². The number of aromatic nitrogens is 2. The lowest BCUT2D eigenvalue weighted by molar-refractivity contribution is 0.0950. The van der Waals surface area contributed by atoms with Gasteiger partial charge in [0.05, 0.1) is 11.3 Å². The van der Waals surface area contributed by atoms with Crippen LogP contribution in [0.2, 0.25) is 5.02 Å². The molecule has 3 aromatic carbocycles. The third-order valence-electron chi connectivity index (χ3n) is 4.95. The zero-order valence-corrected chi connectivity index (χ0v) is 19.3. The molecule has 0 fully saturated rings. The Labute approximate surface area is 197 Å². The molecular weight excluding hydrogens is 460 g/mol. The first kappa shape index (κ1) is 22.6. The summed E-state index contributed by atoms with van der Waals surface area (Å²) >= 11 is 6.16. The van der Waals surface area contributed by atoms with E-state index < -0.39 is 15.9 Å². The van der Waals surface area contributed by atoms with E-state index in [1.807, 2.05) is 48.0 Å². The number of hydrogen-bond donors (Lipinski definition) is 2. The maximum Gasteiger partial charge on any atom is 0.263 e. The van der Waals surface area contributed by atoms with Crippen molar-refractivity contribution in [1.82, 2.24) is 14.9 Å². The van der Waals surface area contributed by atoms with Gasteiger partial charge in [0, 0.05) is 35.9 Å². The Kier molecular flexibility index (Phi) is 6.48. The van der Waals surface area contributed by atoms with Gasteiger partial charge in [0.2, 0.25) is 0 Å². The van der Waals surface area contributed by atoms with Crippen LogP contribution in [0.1, 0.15) is 21.5 Å². The summed E-state index contributed by atoms with van der Waals surface area (Å²) in [7, 11) is -3.98. The molecule has 7 nitrogen and oxygen atoms in total. The average molecular weight is 481 g/mol. The Morgan fingerprint density at radius 2 is 1.85 bits per heavy atom. The predicted molar refractivity (Wildman–Crippen MR) is 128 cm³/mol. The number of halogens is 1. The molecule has 0 radical (unpaired) electrons. The van der Waals surface area contributed by atoms with Crippen molar-refractivity contribution >= 4 is 33.2 Å². The summed E-state index contributed by atoms with van der Waals surface area (Å²) in [6, 6.07) is 18.8. The standard InChI is InChI=1S/C24H21ClN4O3S/c1-17-3-2-4-20(13-17)28-33(31,32)23-14-19(7-10-22(23)25)24(30)27-15-18-5-8-21(9-6-18)29-12-11-26-16-29/h2-14,16,28H,15H2,1H3,(H,27,30). The highest BCUT2D eigenvalue weighted by Crippen LogP contribution is 2.25. The number of carbonyl (C=O) groups excluding carboxylic acids is 1. The van der Waals surface area contributed by atoms with Gasteiger partial charge in [0.15, 0.2) is 0 Å². The number of imidazole rings is 1. The van der Waals surface area contributed by atoms with E-state index in [9.17, 15) is 13.2 Å². The summed E-state index contributed by atoms with van der Waals surface area (Å²) in [6.07, 6.45) is 5.25. The van der Waals surface area contributed by atoms with Gasteiger partial charge >= 0.3 is 0 Å².